The number of hydrogen-bond acceptors (Lipinski definition) is 3. The molecule has 0 fully saturated rings. The van der Waals surface area contributed by atoms with Crippen LogP contribution in [0.15, 0.2) is 52.4 Å². The fraction of sp³-hybridized carbons (Fsp3) is 0.188. The Morgan fingerprint density at radius 2 is 1.77 bits per heavy atom. The van der Waals surface area contributed by atoms with E-state index < -0.39 is 0 Å². The van der Waals surface area contributed by atoms with Crippen molar-refractivity contribution in [1.29, 1.82) is 0 Å². The first kappa shape index (κ1) is 17.5. The first-order valence-corrected chi connectivity index (χ1v) is 8.42. The Morgan fingerprint density at radius 1 is 1.05 bits per heavy atom. The van der Waals surface area contributed by atoms with Crippen molar-refractivity contribution in [1.82, 2.24) is 5.32 Å². The van der Waals surface area contributed by atoms with E-state index in [4.69, 9.17) is 23.2 Å². The van der Waals surface area contributed by atoms with Gasteiger partial charge in [0.1, 0.15) is 5.84 Å². The summed E-state index contributed by atoms with van der Waals surface area (Å²) in [7, 11) is 0. The van der Waals surface area contributed by atoms with Crippen LogP contribution in [0.25, 0.3) is 0 Å². The lowest BCUT2D eigenvalue weighted by atomic mass is 10.2. The summed E-state index contributed by atoms with van der Waals surface area (Å²) in [5, 5.41) is 4.80. The zero-order valence-corrected chi connectivity index (χ0v) is 14.8. The average Bonchev–Trinajstić information content (AvgIpc) is 3.02. The number of aliphatic imine (C=N–C) groups is 1. The monoisotopic (exact) mass is 372 g/mol. The first-order valence-electron chi connectivity index (χ1n) is 6.68. The van der Waals surface area contributed by atoms with Crippen molar-refractivity contribution >= 4 is 53.2 Å². The van der Waals surface area contributed by atoms with Crippen molar-refractivity contribution in [3.8, 4) is 0 Å². The molecule has 0 atom stereocenters. The van der Waals surface area contributed by atoms with Gasteiger partial charge in [0.2, 0.25) is 0 Å². The van der Waals surface area contributed by atoms with E-state index in [0.717, 1.165) is 40.3 Å². The van der Waals surface area contributed by atoms with Crippen LogP contribution in [-0.2, 0) is 5.75 Å². The minimum atomic E-state index is 0. The summed E-state index contributed by atoms with van der Waals surface area (Å²) >= 11 is 13.8. The van der Waals surface area contributed by atoms with E-state index in [9.17, 15) is 0 Å². The molecular weight excluding hydrogens is 359 g/mol. The highest BCUT2D eigenvalue weighted by molar-refractivity contribution is 7.98. The number of nitrogens with zero attached hydrogens (tertiary/aromatic N) is 1. The minimum Gasteiger partial charge on any atom is -0.368 e. The van der Waals surface area contributed by atoms with E-state index >= 15 is 0 Å². The van der Waals surface area contributed by atoms with Gasteiger partial charge in [-0.3, -0.25) is 4.99 Å². The molecule has 0 saturated heterocycles. The van der Waals surface area contributed by atoms with Gasteiger partial charge in [-0.15, -0.1) is 24.2 Å². The molecule has 116 valence electrons. The number of amidine groups is 1. The molecule has 3 rings (SSSR count). The number of hydrogen-bond donors (Lipinski definition) is 1. The van der Waals surface area contributed by atoms with E-state index in [2.05, 4.69) is 28.5 Å². The van der Waals surface area contributed by atoms with Crippen LogP contribution in [0.3, 0.4) is 0 Å². The third kappa shape index (κ3) is 4.32. The molecule has 2 aromatic rings. The van der Waals surface area contributed by atoms with Crippen molar-refractivity contribution in [3.05, 3.63) is 63.6 Å². The highest BCUT2D eigenvalue weighted by atomic mass is 35.5. The molecule has 22 heavy (non-hydrogen) atoms. The van der Waals surface area contributed by atoms with Gasteiger partial charge in [0.25, 0.3) is 0 Å². The van der Waals surface area contributed by atoms with Crippen molar-refractivity contribution < 1.29 is 0 Å². The quantitative estimate of drug-likeness (QED) is 0.758. The average molecular weight is 374 g/mol. The third-order valence-corrected chi connectivity index (χ3v) is 4.81. The van der Waals surface area contributed by atoms with Crippen LogP contribution in [0, 0.1) is 0 Å². The van der Waals surface area contributed by atoms with Gasteiger partial charge < -0.3 is 5.32 Å². The maximum Gasteiger partial charge on any atom is 0.129 e. The molecule has 1 aliphatic rings. The minimum absolute atomic E-state index is 0. The second-order valence-electron chi connectivity index (χ2n) is 4.71. The van der Waals surface area contributed by atoms with Crippen LogP contribution in [0.4, 0.5) is 0 Å². The van der Waals surface area contributed by atoms with Crippen molar-refractivity contribution in [2.75, 3.05) is 13.1 Å². The molecule has 2 nitrogen and oxygen atoms in total. The lowest BCUT2D eigenvalue weighted by Gasteiger charge is -2.10. The molecular formula is C16H15Cl3N2S. The summed E-state index contributed by atoms with van der Waals surface area (Å²) in [6.45, 7) is 1.71. The molecule has 0 aliphatic carbocycles. The SMILES string of the molecule is Cl.Clc1ccc(CSc2ccc(Cl)cc2C2=NCCN2)cc1. The summed E-state index contributed by atoms with van der Waals surface area (Å²) in [5.41, 5.74) is 2.32. The summed E-state index contributed by atoms with van der Waals surface area (Å²) in [6.07, 6.45) is 0. The smallest absolute Gasteiger partial charge is 0.129 e. The lowest BCUT2D eigenvalue weighted by Crippen LogP contribution is -2.20. The lowest BCUT2D eigenvalue weighted by molar-refractivity contribution is 0.959. The summed E-state index contributed by atoms with van der Waals surface area (Å²) < 4.78 is 0. The van der Waals surface area contributed by atoms with Crippen LogP contribution in [0.5, 0.6) is 0 Å². The molecule has 0 unspecified atom stereocenters. The van der Waals surface area contributed by atoms with Gasteiger partial charge in [-0.1, -0.05) is 35.3 Å². The van der Waals surface area contributed by atoms with Gasteiger partial charge in [-0.05, 0) is 35.9 Å². The predicted octanol–water partition coefficient (Wildman–Crippen LogP) is 5.06. The Balaban J connectivity index is 0.00000176. The Labute approximate surface area is 150 Å². The molecule has 6 heteroatoms. The van der Waals surface area contributed by atoms with Crippen molar-refractivity contribution in [2.45, 2.75) is 10.6 Å². The van der Waals surface area contributed by atoms with Gasteiger partial charge in [-0.25, -0.2) is 0 Å². The van der Waals surface area contributed by atoms with Gasteiger partial charge in [0, 0.05) is 32.8 Å². The Kier molecular flexibility index (Phi) is 6.45. The second kappa shape index (κ2) is 8.11. The summed E-state index contributed by atoms with van der Waals surface area (Å²) in [6, 6.07) is 13.9. The topological polar surface area (TPSA) is 24.4 Å². The Hall–Kier alpha value is -0.870. The fourth-order valence-corrected chi connectivity index (χ4v) is 3.42. The molecule has 1 N–H and O–H groups in total. The number of thioether (sulfide) groups is 1. The fourth-order valence-electron chi connectivity index (χ4n) is 2.13. The van der Waals surface area contributed by atoms with Gasteiger partial charge in [-0.2, -0.15) is 0 Å². The first-order chi connectivity index (χ1) is 10.2. The van der Waals surface area contributed by atoms with Crippen molar-refractivity contribution in [3.63, 3.8) is 0 Å². The highest BCUT2D eigenvalue weighted by Crippen LogP contribution is 2.29. The third-order valence-electron chi connectivity index (χ3n) is 3.18. The summed E-state index contributed by atoms with van der Waals surface area (Å²) in [5.74, 6) is 1.83. The van der Waals surface area contributed by atoms with E-state index in [1.807, 2.05) is 24.3 Å². The molecule has 1 heterocycles. The molecule has 0 saturated carbocycles. The van der Waals surface area contributed by atoms with E-state index in [0.29, 0.717) is 0 Å². The van der Waals surface area contributed by atoms with Crippen molar-refractivity contribution in [2.24, 2.45) is 4.99 Å². The number of halogens is 3. The molecule has 0 aromatic heterocycles. The van der Waals surface area contributed by atoms with E-state index in [-0.39, 0.29) is 12.4 Å². The maximum atomic E-state index is 6.12. The van der Waals surface area contributed by atoms with Crippen LogP contribution in [0.1, 0.15) is 11.1 Å². The number of nitrogens with one attached hydrogen (secondary N) is 1. The van der Waals surface area contributed by atoms with Crippen LogP contribution >= 0.6 is 47.4 Å². The van der Waals surface area contributed by atoms with Gasteiger partial charge >= 0.3 is 0 Å². The summed E-state index contributed by atoms with van der Waals surface area (Å²) in [4.78, 5) is 5.67. The zero-order valence-electron chi connectivity index (χ0n) is 11.7. The Morgan fingerprint density at radius 3 is 2.45 bits per heavy atom. The molecule has 0 amide bonds. The predicted molar refractivity (Wildman–Crippen MR) is 99.1 cm³/mol. The van der Waals surface area contributed by atoms with E-state index in [1.165, 1.54) is 10.5 Å². The van der Waals surface area contributed by atoms with Crippen LogP contribution in [-0.4, -0.2) is 18.9 Å². The van der Waals surface area contributed by atoms with Crippen LogP contribution < -0.4 is 5.32 Å². The molecule has 2 aromatic carbocycles. The number of rotatable bonds is 4. The van der Waals surface area contributed by atoms with Gasteiger partial charge in [0.15, 0.2) is 0 Å². The van der Waals surface area contributed by atoms with Gasteiger partial charge in [0.05, 0.1) is 6.54 Å². The largest absolute Gasteiger partial charge is 0.368 e. The molecule has 0 radical (unpaired) electrons. The zero-order chi connectivity index (χ0) is 14.7. The number of benzene rings is 2. The molecule has 0 bridgehead atoms. The standard InChI is InChI=1S/C16H14Cl2N2S.ClH/c17-12-3-1-11(2-4-12)10-21-15-6-5-13(18)9-14(15)16-19-7-8-20-16;/h1-6,9H,7-8,10H2,(H,19,20);1H. The maximum absolute atomic E-state index is 6.12. The Bertz CT molecular complexity index is 672. The normalized spacial score (nSPS) is 13.3. The van der Waals surface area contributed by atoms with E-state index in [1.54, 1.807) is 11.8 Å². The highest BCUT2D eigenvalue weighted by Gasteiger charge is 2.13. The molecule has 0 spiro atoms. The second-order valence-corrected chi connectivity index (χ2v) is 6.60. The molecule has 1 aliphatic heterocycles. The van der Waals surface area contributed by atoms with Crippen LogP contribution in [0.2, 0.25) is 10.0 Å².